The Hall–Kier alpha value is -2.06. The summed E-state index contributed by atoms with van der Waals surface area (Å²) in [5.74, 6) is -0.990. The van der Waals surface area contributed by atoms with Gasteiger partial charge < -0.3 is 10.2 Å². The summed E-state index contributed by atoms with van der Waals surface area (Å²) in [6, 6.07) is -0.691. The second-order valence-electron chi connectivity index (χ2n) is 5.28. The largest absolute Gasteiger partial charge is 0.408 e. The van der Waals surface area contributed by atoms with Gasteiger partial charge in [-0.25, -0.2) is 0 Å². The van der Waals surface area contributed by atoms with Gasteiger partial charge in [0.05, 0.1) is 0 Å². The fraction of sp³-hybridized carbons (Fsp3) is 0.615. The van der Waals surface area contributed by atoms with Gasteiger partial charge in [-0.1, -0.05) is 0 Å². The maximum atomic E-state index is 13.1. The average molecular weight is 318 g/mol. The second-order valence-corrected chi connectivity index (χ2v) is 5.28. The Morgan fingerprint density at radius 1 is 1.36 bits per heavy atom. The Balaban J connectivity index is 2.12. The van der Waals surface area contributed by atoms with Crippen molar-refractivity contribution in [2.45, 2.75) is 44.6 Å². The van der Waals surface area contributed by atoms with E-state index in [-0.39, 0.29) is 31.8 Å². The topological polar surface area (TPSA) is 67.2 Å². The number of nitrogens with one attached hydrogen (secondary N) is 1. The lowest BCUT2D eigenvalue weighted by atomic mass is 9.97. The van der Waals surface area contributed by atoms with E-state index in [1.807, 2.05) is 0 Å². The molecular formula is C13H17F3N4O2. The van der Waals surface area contributed by atoms with Gasteiger partial charge in [-0.15, -0.1) is 0 Å². The van der Waals surface area contributed by atoms with E-state index in [0.717, 1.165) is 4.90 Å². The zero-order valence-corrected chi connectivity index (χ0v) is 12.0. The van der Waals surface area contributed by atoms with Crippen LogP contribution in [-0.4, -0.2) is 51.3 Å². The Morgan fingerprint density at radius 3 is 2.64 bits per heavy atom. The van der Waals surface area contributed by atoms with E-state index in [9.17, 15) is 22.8 Å². The standard InChI is InChI=1S/C13H17F3N4O2/c1-9(21)18-10-3-4-11(13(14,15)16)20(7-10)12(22)8-19-6-2-5-17-19/h2,5-6,10-11H,3-4,7-8H2,1H3,(H,18,21)/t10-,11+/m1/s1. The number of carbonyl (C=O) groups is 2. The fourth-order valence-electron chi connectivity index (χ4n) is 2.62. The van der Waals surface area contributed by atoms with E-state index in [1.165, 1.54) is 24.0 Å². The highest BCUT2D eigenvalue weighted by atomic mass is 19.4. The molecule has 2 heterocycles. The first-order valence-electron chi connectivity index (χ1n) is 6.88. The third-order valence-corrected chi connectivity index (χ3v) is 3.54. The van der Waals surface area contributed by atoms with Crippen molar-refractivity contribution in [1.29, 1.82) is 0 Å². The lowest BCUT2D eigenvalue weighted by molar-refractivity contribution is -0.197. The molecule has 0 saturated carbocycles. The molecule has 2 atom stereocenters. The van der Waals surface area contributed by atoms with Crippen molar-refractivity contribution in [3.63, 3.8) is 0 Å². The summed E-state index contributed by atoms with van der Waals surface area (Å²) in [7, 11) is 0. The predicted molar refractivity (Wildman–Crippen MR) is 70.6 cm³/mol. The number of hydrogen-bond acceptors (Lipinski definition) is 3. The third-order valence-electron chi connectivity index (χ3n) is 3.54. The maximum absolute atomic E-state index is 13.1. The van der Waals surface area contributed by atoms with Crippen LogP contribution in [0.25, 0.3) is 0 Å². The number of halogens is 3. The highest BCUT2D eigenvalue weighted by Crippen LogP contribution is 2.32. The molecule has 1 aliphatic heterocycles. The molecule has 0 radical (unpaired) electrons. The van der Waals surface area contributed by atoms with Crippen LogP contribution in [0, 0.1) is 0 Å². The van der Waals surface area contributed by atoms with Gasteiger partial charge in [0.1, 0.15) is 12.6 Å². The van der Waals surface area contributed by atoms with Crippen molar-refractivity contribution in [3.8, 4) is 0 Å². The van der Waals surface area contributed by atoms with Gasteiger partial charge in [-0.3, -0.25) is 14.3 Å². The Morgan fingerprint density at radius 2 is 2.09 bits per heavy atom. The number of nitrogens with zero attached hydrogens (tertiary/aromatic N) is 3. The number of carbonyl (C=O) groups excluding carboxylic acids is 2. The monoisotopic (exact) mass is 318 g/mol. The van der Waals surface area contributed by atoms with Crippen molar-refractivity contribution in [2.75, 3.05) is 6.54 Å². The Kier molecular flexibility index (Phi) is 4.72. The van der Waals surface area contributed by atoms with Crippen molar-refractivity contribution in [1.82, 2.24) is 20.0 Å². The summed E-state index contributed by atoms with van der Waals surface area (Å²) < 4.78 is 40.6. The van der Waals surface area contributed by atoms with Crippen LogP contribution in [0.3, 0.4) is 0 Å². The van der Waals surface area contributed by atoms with Gasteiger partial charge >= 0.3 is 6.18 Å². The number of alkyl halides is 3. The first kappa shape index (κ1) is 16.3. The van der Waals surface area contributed by atoms with Crippen molar-refractivity contribution < 1.29 is 22.8 Å². The zero-order chi connectivity index (χ0) is 16.3. The molecular weight excluding hydrogens is 301 g/mol. The highest BCUT2D eigenvalue weighted by Gasteiger charge is 2.48. The molecule has 1 aliphatic rings. The van der Waals surface area contributed by atoms with Gasteiger partial charge in [0.15, 0.2) is 0 Å². The van der Waals surface area contributed by atoms with Crippen LogP contribution in [-0.2, 0) is 16.1 Å². The number of rotatable bonds is 3. The quantitative estimate of drug-likeness (QED) is 0.902. The highest BCUT2D eigenvalue weighted by molar-refractivity contribution is 5.77. The molecule has 6 nitrogen and oxygen atoms in total. The van der Waals surface area contributed by atoms with E-state index >= 15 is 0 Å². The van der Waals surface area contributed by atoms with Crippen LogP contribution in [0.4, 0.5) is 13.2 Å². The first-order chi connectivity index (χ1) is 10.3. The molecule has 1 fully saturated rings. The predicted octanol–water partition coefficient (Wildman–Crippen LogP) is 0.941. The average Bonchev–Trinajstić information content (AvgIpc) is 2.89. The molecule has 2 rings (SSSR count). The smallest absolute Gasteiger partial charge is 0.352 e. The summed E-state index contributed by atoms with van der Waals surface area (Å²) >= 11 is 0. The van der Waals surface area contributed by atoms with Crippen LogP contribution < -0.4 is 5.32 Å². The maximum Gasteiger partial charge on any atom is 0.408 e. The van der Waals surface area contributed by atoms with Gasteiger partial charge in [-0.2, -0.15) is 18.3 Å². The Bertz CT molecular complexity index is 530. The number of hydrogen-bond donors (Lipinski definition) is 1. The Labute approximate surface area is 125 Å². The van der Waals surface area contributed by atoms with E-state index in [1.54, 1.807) is 6.07 Å². The van der Waals surface area contributed by atoms with Crippen LogP contribution in [0.15, 0.2) is 18.5 Å². The van der Waals surface area contributed by atoms with E-state index in [0.29, 0.717) is 0 Å². The van der Waals surface area contributed by atoms with Gasteiger partial charge in [-0.05, 0) is 18.9 Å². The zero-order valence-electron chi connectivity index (χ0n) is 12.0. The van der Waals surface area contributed by atoms with Crippen LogP contribution in [0.5, 0.6) is 0 Å². The summed E-state index contributed by atoms with van der Waals surface area (Å²) in [5, 5.41) is 6.40. The lowest BCUT2D eigenvalue weighted by Crippen LogP contribution is -2.58. The SMILES string of the molecule is CC(=O)N[C@@H]1CC[C@@H](C(F)(F)F)N(C(=O)Cn2cccn2)C1. The molecule has 22 heavy (non-hydrogen) atoms. The lowest BCUT2D eigenvalue weighted by Gasteiger charge is -2.40. The van der Waals surface area contributed by atoms with Crippen molar-refractivity contribution >= 4 is 11.8 Å². The molecule has 1 aromatic rings. The summed E-state index contributed by atoms with van der Waals surface area (Å²) in [4.78, 5) is 24.1. The number of likely N-dealkylation sites (tertiary alicyclic amines) is 1. The van der Waals surface area contributed by atoms with Crippen molar-refractivity contribution in [2.24, 2.45) is 0 Å². The molecule has 1 aromatic heterocycles. The first-order valence-corrected chi connectivity index (χ1v) is 6.88. The molecule has 2 amide bonds. The van der Waals surface area contributed by atoms with Gasteiger partial charge in [0.25, 0.3) is 0 Å². The normalized spacial score (nSPS) is 22.5. The second kappa shape index (κ2) is 6.37. The molecule has 1 N–H and O–H groups in total. The summed E-state index contributed by atoms with van der Waals surface area (Å²) in [6.07, 6.45) is -1.56. The molecule has 0 unspecified atom stereocenters. The molecule has 1 saturated heterocycles. The van der Waals surface area contributed by atoms with E-state index < -0.39 is 24.2 Å². The molecule has 0 bridgehead atoms. The van der Waals surface area contributed by atoms with Crippen molar-refractivity contribution in [3.05, 3.63) is 18.5 Å². The van der Waals surface area contributed by atoms with E-state index in [2.05, 4.69) is 10.4 Å². The van der Waals surface area contributed by atoms with E-state index in [4.69, 9.17) is 0 Å². The molecule has 0 spiro atoms. The number of piperidine rings is 1. The summed E-state index contributed by atoms with van der Waals surface area (Å²) in [5.41, 5.74) is 0. The van der Waals surface area contributed by atoms with Gasteiger partial charge in [0, 0.05) is 31.9 Å². The van der Waals surface area contributed by atoms with Crippen LogP contribution in [0.2, 0.25) is 0 Å². The van der Waals surface area contributed by atoms with Crippen LogP contribution >= 0.6 is 0 Å². The number of amides is 2. The molecule has 9 heteroatoms. The molecule has 0 aliphatic carbocycles. The minimum atomic E-state index is -4.49. The minimum Gasteiger partial charge on any atom is -0.352 e. The molecule has 0 aromatic carbocycles. The number of aromatic nitrogens is 2. The van der Waals surface area contributed by atoms with Gasteiger partial charge in [0.2, 0.25) is 11.8 Å². The van der Waals surface area contributed by atoms with Crippen LogP contribution in [0.1, 0.15) is 19.8 Å². The fourth-order valence-corrected chi connectivity index (χ4v) is 2.62. The molecule has 122 valence electrons. The minimum absolute atomic E-state index is 0.149. The third kappa shape index (κ3) is 3.99. The summed E-state index contributed by atoms with van der Waals surface area (Å²) in [6.45, 7) is 0.891.